The molecule has 0 heterocycles. The highest BCUT2D eigenvalue weighted by Crippen LogP contribution is 2.16. The second kappa shape index (κ2) is 8.84. The van der Waals surface area contributed by atoms with Gasteiger partial charge in [-0.3, -0.25) is 25.2 Å². The van der Waals surface area contributed by atoms with E-state index in [0.717, 1.165) is 5.56 Å². The lowest BCUT2D eigenvalue weighted by atomic mass is 10.0. The van der Waals surface area contributed by atoms with Crippen molar-refractivity contribution in [3.05, 3.63) is 70.7 Å². The standard InChI is InChI=1S/C18H18ClN3O3/c1-12(23)20-16(13-7-3-2-4-8-13)11-17(24)21-22-18(25)14-9-5-6-10-15(14)19/h2-10,16H,11H2,1H3,(H,20,23)(H,21,24)(H,22,25). The number of carbonyl (C=O) groups excluding carboxylic acids is 3. The molecule has 0 bridgehead atoms. The topological polar surface area (TPSA) is 87.3 Å². The van der Waals surface area contributed by atoms with Crippen LogP contribution < -0.4 is 16.2 Å². The summed E-state index contributed by atoms with van der Waals surface area (Å²) in [6, 6.07) is 15.1. The zero-order chi connectivity index (χ0) is 18.2. The van der Waals surface area contributed by atoms with E-state index in [1.165, 1.54) is 6.92 Å². The number of benzene rings is 2. The van der Waals surface area contributed by atoms with Crippen molar-refractivity contribution in [3.63, 3.8) is 0 Å². The van der Waals surface area contributed by atoms with Gasteiger partial charge in [0.05, 0.1) is 23.0 Å². The fourth-order valence-electron chi connectivity index (χ4n) is 2.26. The maximum absolute atomic E-state index is 12.1. The van der Waals surface area contributed by atoms with Crippen LogP contribution in [0.2, 0.25) is 5.02 Å². The van der Waals surface area contributed by atoms with Crippen LogP contribution in [0, 0.1) is 0 Å². The quantitative estimate of drug-likeness (QED) is 0.716. The van der Waals surface area contributed by atoms with Gasteiger partial charge in [-0.1, -0.05) is 54.1 Å². The van der Waals surface area contributed by atoms with E-state index in [4.69, 9.17) is 11.6 Å². The van der Waals surface area contributed by atoms with E-state index in [1.807, 2.05) is 30.3 Å². The molecule has 0 aromatic heterocycles. The SMILES string of the molecule is CC(=O)NC(CC(=O)NNC(=O)c1ccccc1Cl)c1ccccc1. The molecule has 0 aliphatic rings. The molecule has 1 unspecified atom stereocenters. The number of hydrogen-bond donors (Lipinski definition) is 3. The molecule has 3 amide bonds. The van der Waals surface area contributed by atoms with Crippen LogP contribution in [0.4, 0.5) is 0 Å². The van der Waals surface area contributed by atoms with E-state index in [0.29, 0.717) is 0 Å². The first-order valence-corrected chi connectivity index (χ1v) is 8.01. The monoisotopic (exact) mass is 359 g/mol. The summed E-state index contributed by atoms with van der Waals surface area (Å²) in [7, 11) is 0. The lowest BCUT2D eigenvalue weighted by Crippen LogP contribution is -2.43. The maximum Gasteiger partial charge on any atom is 0.271 e. The highest BCUT2D eigenvalue weighted by Gasteiger charge is 2.18. The fourth-order valence-corrected chi connectivity index (χ4v) is 2.48. The van der Waals surface area contributed by atoms with E-state index in [-0.39, 0.29) is 22.9 Å². The fraction of sp³-hybridized carbons (Fsp3) is 0.167. The molecule has 0 fully saturated rings. The second-order valence-electron chi connectivity index (χ2n) is 5.35. The van der Waals surface area contributed by atoms with Crippen molar-refractivity contribution in [2.45, 2.75) is 19.4 Å². The number of nitrogens with one attached hydrogen (secondary N) is 3. The van der Waals surface area contributed by atoms with Crippen LogP contribution >= 0.6 is 11.6 Å². The summed E-state index contributed by atoms with van der Waals surface area (Å²) in [5.74, 6) is -1.21. The molecule has 0 aliphatic heterocycles. The van der Waals surface area contributed by atoms with Crippen molar-refractivity contribution in [2.24, 2.45) is 0 Å². The van der Waals surface area contributed by atoms with Crippen LogP contribution in [0.5, 0.6) is 0 Å². The van der Waals surface area contributed by atoms with Gasteiger partial charge in [-0.2, -0.15) is 0 Å². The molecule has 2 aromatic carbocycles. The predicted molar refractivity (Wildman–Crippen MR) is 94.7 cm³/mol. The second-order valence-corrected chi connectivity index (χ2v) is 5.76. The summed E-state index contributed by atoms with van der Waals surface area (Å²) in [4.78, 5) is 35.5. The Balaban J connectivity index is 1.96. The first-order valence-electron chi connectivity index (χ1n) is 7.63. The first kappa shape index (κ1) is 18.5. The number of hydrazine groups is 1. The Morgan fingerprint density at radius 2 is 1.60 bits per heavy atom. The van der Waals surface area contributed by atoms with Gasteiger partial charge >= 0.3 is 0 Å². The predicted octanol–water partition coefficient (Wildman–Crippen LogP) is 2.37. The molecule has 2 rings (SSSR count). The van der Waals surface area contributed by atoms with Gasteiger partial charge in [0.15, 0.2) is 0 Å². The minimum atomic E-state index is -0.519. The third-order valence-electron chi connectivity index (χ3n) is 3.40. The van der Waals surface area contributed by atoms with Gasteiger partial charge in [0, 0.05) is 6.92 Å². The summed E-state index contributed by atoms with van der Waals surface area (Å²) < 4.78 is 0. The Morgan fingerprint density at radius 3 is 2.24 bits per heavy atom. The Kier molecular flexibility index (Phi) is 6.54. The van der Waals surface area contributed by atoms with Crippen molar-refractivity contribution in [1.82, 2.24) is 16.2 Å². The molecule has 3 N–H and O–H groups in total. The normalized spacial score (nSPS) is 11.3. The van der Waals surface area contributed by atoms with Crippen LogP contribution in [0.25, 0.3) is 0 Å². The van der Waals surface area contributed by atoms with Gasteiger partial charge in [-0.25, -0.2) is 0 Å². The highest BCUT2D eigenvalue weighted by atomic mass is 35.5. The molecular formula is C18H18ClN3O3. The molecule has 0 radical (unpaired) electrons. The zero-order valence-corrected chi connectivity index (χ0v) is 14.3. The van der Waals surface area contributed by atoms with Gasteiger partial charge in [0.1, 0.15) is 0 Å². The van der Waals surface area contributed by atoms with Gasteiger partial charge in [-0.05, 0) is 17.7 Å². The summed E-state index contributed by atoms with van der Waals surface area (Å²) in [6.45, 7) is 1.38. The molecule has 1 atom stereocenters. The number of hydrogen-bond acceptors (Lipinski definition) is 3. The van der Waals surface area contributed by atoms with E-state index in [2.05, 4.69) is 16.2 Å². The van der Waals surface area contributed by atoms with Crippen LogP contribution in [0.3, 0.4) is 0 Å². The maximum atomic E-state index is 12.1. The van der Waals surface area contributed by atoms with Crippen LogP contribution in [0.1, 0.15) is 35.3 Å². The molecule has 0 aliphatic carbocycles. The molecular weight excluding hydrogens is 342 g/mol. The Labute approximate surface area is 150 Å². The van der Waals surface area contributed by atoms with Crippen molar-refractivity contribution in [1.29, 1.82) is 0 Å². The van der Waals surface area contributed by atoms with Crippen LogP contribution in [-0.2, 0) is 9.59 Å². The third-order valence-corrected chi connectivity index (χ3v) is 3.73. The Morgan fingerprint density at radius 1 is 0.960 bits per heavy atom. The van der Waals surface area contributed by atoms with Crippen molar-refractivity contribution in [2.75, 3.05) is 0 Å². The number of amides is 3. The molecule has 0 saturated carbocycles. The van der Waals surface area contributed by atoms with Gasteiger partial charge < -0.3 is 5.32 Å². The summed E-state index contributed by atoms with van der Waals surface area (Å²) in [5.41, 5.74) is 5.70. The summed E-state index contributed by atoms with van der Waals surface area (Å²) >= 11 is 5.94. The first-order chi connectivity index (χ1) is 12.0. The summed E-state index contributed by atoms with van der Waals surface area (Å²) in [6.07, 6.45) is -0.0214. The lowest BCUT2D eigenvalue weighted by Gasteiger charge is -2.18. The average Bonchev–Trinajstić information content (AvgIpc) is 2.60. The van der Waals surface area contributed by atoms with E-state index in [9.17, 15) is 14.4 Å². The van der Waals surface area contributed by atoms with Crippen LogP contribution in [-0.4, -0.2) is 17.7 Å². The molecule has 0 spiro atoms. The smallest absolute Gasteiger partial charge is 0.271 e. The number of carbonyl (C=O) groups is 3. The minimum absolute atomic E-state index is 0.0214. The van der Waals surface area contributed by atoms with Crippen molar-refractivity contribution in [3.8, 4) is 0 Å². The highest BCUT2D eigenvalue weighted by molar-refractivity contribution is 6.33. The van der Waals surface area contributed by atoms with Crippen molar-refractivity contribution >= 4 is 29.3 Å². The molecule has 2 aromatic rings. The van der Waals surface area contributed by atoms with E-state index >= 15 is 0 Å². The zero-order valence-electron chi connectivity index (χ0n) is 13.6. The van der Waals surface area contributed by atoms with E-state index < -0.39 is 17.9 Å². The molecule has 0 saturated heterocycles. The molecule has 25 heavy (non-hydrogen) atoms. The van der Waals surface area contributed by atoms with Crippen LogP contribution in [0.15, 0.2) is 54.6 Å². The van der Waals surface area contributed by atoms with Gasteiger partial charge in [0.2, 0.25) is 11.8 Å². The summed E-state index contributed by atoms with van der Waals surface area (Å²) in [5, 5.41) is 3.01. The van der Waals surface area contributed by atoms with Gasteiger partial charge in [0.25, 0.3) is 5.91 Å². The number of rotatable bonds is 5. The van der Waals surface area contributed by atoms with E-state index in [1.54, 1.807) is 24.3 Å². The third kappa shape index (κ3) is 5.61. The lowest BCUT2D eigenvalue weighted by molar-refractivity contribution is -0.123. The Bertz CT molecular complexity index is 765. The van der Waals surface area contributed by atoms with Crippen molar-refractivity contribution < 1.29 is 14.4 Å². The average molecular weight is 360 g/mol. The molecule has 7 heteroatoms. The molecule has 6 nitrogen and oxygen atoms in total. The van der Waals surface area contributed by atoms with Gasteiger partial charge in [-0.15, -0.1) is 0 Å². The minimum Gasteiger partial charge on any atom is -0.349 e. The Hall–Kier alpha value is -2.86. The number of halogens is 1. The largest absolute Gasteiger partial charge is 0.349 e. The molecule has 130 valence electrons.